The molecule has 0 aliphatic rings. The van der Waals surface area contributed by atoms with Gasteiger partial charge in [-0.05, 0) is 19.0 Å². The summed E-state index contributed by atoms with van der Waals surface area (Å²) in [5, 5.41) is 8.49. The van der Waals surface area contributed by atoms with Gasteiger partial charge >= 0.3 is 0 Å². The van der Waals surface area contributed by atoms with Gasteiger partial charge in [0.2, 0.25) is 11.7 Å². The predicted octanol–water partition coefficient (Wildman–Crippen LogP) is 3.41. The van der Waals surface area contributed by atoms with E-state index < -0.39 is 0 Å². The van der Waals surface area contributed by atoms with Crippen LogP contribution in [0.5, 0.6) is 0 Å². The molecule has 0 aliphatic heterocycles. The number of para-hydroxylation sites is 1. The zero-order valence-corrected chi connectivity index (χ0v) is 12.3. The largest absolute Gasteiger partial charge is 0.464 e. The molecule has 21 heavy (non-hydrogen) atoms. The van der Waals surface area contributed by atoms with E-state index in [4.69, 9.17) is 8.94 Å². The van der Waals surface area contributed by atoms with Crippen molar-refractivity contribution in [3.05, 3.63) is 36.4 Å². The van der Waals surface area contributed by atoms with Crippen molar-refractivity contribution >= 4 is 11.0 Å². The first kappa shape index (κ1) is 13.8. The molecule has 0 aliphatic carbocycles. The van der Waals surface area contributed by atoms with Gasteiger partial charge in [-0.3, -0.25) is 0 Å². The molecular formula is C16H19N3O2. The van der Waals surface area contributed by atoms with Gasteiger partial charge in [-0.2, -0.15) is 4.98 Å². The summed E-state index contributed by atoms with van der Waals surface area (Å²) in [5.41, 5.74) is 1.70. The van der Waals surface area contributed by atoms with Crippen molar-refractivity contribution in [3.8, 4) is 11.4 Å². The van der Waals surface area contributed by atoms with Crippen molar-refractivity contribution < 1.29 is 8.94 Å². The molecule has 2 heterocycles. The first-order valence-corrected chi connectivity index (χ1v) is 7.34. The number of nitrogens with one attached hydrogen (secondary N) is 1. The van der Waals surface area contributed by atoms with E-state index in [0.717, 1.165) is 35.9 Å². The minimum absolute atomic E-state index is 0.365. The van der Waals surface area contributed by atoms with E-state index in [2.05, 4.69) is 29.3 Å². The van der Waals surface area contributed by atoms with Crippen LogP contribution in [0.3, 0.4) is 0 Å². The van der Waals surface area contributed by atoms with Gasteiger partial charge < -0.3 is 14.3 Å². The van der Waals surface area contributed by atoms with E-state index in [1.54, 1.807) is 6.26 Å². The molecular weight excluding hydrogens is 266 g/mol. The van der Waals surface area contributed by atoms with Crippen molar-refractivity contribution in [2.24, 2.45) is 0 Å². The Morgan fingerprint density at radius 2 is 2.10 bits per heavy atom. The van der Waals surface area contributed by atoms with Crippen LogP contribution in [0.25, 0.3) is 22.4 Å². The zero-order chi connectivity index (χ0) is 14.7. The highest BCUT2D eigenvalue weighted by atomic mass is 16.5. The van der Waals surface area contributed by atoms with E-state index in [-0.39, 0.29) is 0 Å². The second-order valence-corrected chi connectivity index (χ2v) is 5.02. The van der Waals surface area contributed by atoms with E-state index in [1.165, 1.54) is 0 Å². The smallest absolute Gasteiger partial charge is 0.228 e. The van der Waals surface area contributed by atoms with Crippen LogP contribution in [0, 0.1) is 0 Å². The molecule has 2 aromatic heterocycles. The zero-order valence-electron chi connectivity index (χ0n) is 12.3. The van der Waals surface area contributed by atoms with Crippen LogP contribution in [0.15, 0.2) is 39.5 Å². The van der Waals surface area contributed by atoms with Crippen molar-refractivity contribution in [2.45, 2.75) is 32.7 Å². The van der Waals surface area contributed by atoms with Crippen LogP contribution in [-0.2, 0) is 6.42 Å². The Kier molecular flexibility index (Phi) is 4.01. The molecule has 1 aromatic carbocycles. The first-order valence-electron chi connectivity index (χ1n) is 7.34. The van der Waals surface area contributed by atoms with Crippen LogP contribution in [0.4, 0.5) is 0 Å². The fraction of sp³-hybridized carbons (Fsp3) is 0.375. The number of hydrogen-bond donors (Lipinski definition) is 1. The van der Waals surface area contributed by atoms with E-state index in [9.17, 15) is 0 Å². The lowest BCUT2D eigenvalue weighted by atomic mass is 10.1. The highest BCUT2D eigenvalue weighted by Crippen LogP contribution is 2.28. The maximum Gasteiger partial charge on any atom is 0.228 e. The molecule has 0 bridgehead atoms. The van der Waals surface area contributed by atoms with Gasteiger partial charge in [0.1, 0.15) is 11.8 Å². The van der Waals surface area contributed by atoms with Crippen LogP contribution in [0.2, 0.25) is 0 Å². The molecule has 0 saturated carbocycles. The third kappa shape index (κ3) is 2.83. The second-order valence-electron chi connectivity index (χ2n) is 5.02. The summed E-state index contributed by atoms with van der Waals surface area (Å²) in [5.74, 6) is 1.24. The summed E-state index contributed by atoms with van der Waals surface area (Å²) in [6.07, 6.45) is 3.45. The third-order valence-electron chi connectivity index (χ3n) is 3.60. The normalized spacial score (nSPS) is 12.9. The Hall–Kier alpha value is -2.14. The van der Waals surface area contributed by atoms with Crippen molar-refractivity contribution in [1.82, 2.24) is 15.5 Å². The quantitative estimate of drug-likeness (QED) is 0.752. The van der Waals surface area contributed by atoms with Crippen LogP contribution in [0.1, 0.15) is 26.2 Å². The average Bonchev–Trinajstić information content (AvgIpc) is 3.13. The number of fused-ring (bicyclic) bond motifs is 1. The summed E-state index contributed by atoms with van der Waals surface area (Å²) in [4.78, 5) is 4.50. The van der Waals surface area contributed by atoms with Crippen LogP contribution < -0.4 is 5.32 Å². The fourth-order valence-corrected chi connectivity index (χ4v) is 2.46. The molecule has 0 fully saturated rings. The topological polar surface area (TPSA) is 64.1 Å². The molecule has 0 amide bonds. The number of likely N-dealkylation sites (N-methyl/N-ethyl adjacent to an activating group) is 1. The lowest BCUT2D eigenvalue weighted by Gasteiger charge is -2.12. The Labute approximate surface area is 123 Å². The summed E-state index contributed by atoms with van der Waals surface area (Å²) >= 11 is 0. The van der Waals surface area contributed by atoms with Crippen molar-refractivity contribution in [2.75, 3.05) is 6.54 Å². The second kappa shape index (κ2) is 6.10. The van der Waals surface area contributed by atoms with E-state index >= 15 is 0 Å². The van der Waals surface area contributed by atoms with E-state index in [1.807, 2.05) is 24.3 Å². The Morgan fingerprint density at radius 1 is 1.24 bits per heavy atom. The van der Waals surface area contributed by atoms with Gasteiger partial charge in [0.25, 0.3) is 0 Å². The molecule has 5 nitrogen and oxygen atoms in total. The molecule has 1 atom stereocenters. The van der Waals surface area contributed by atoms with Crippen molar-refractivity contribution in [1.29, 1.82) is 0 Å². The molecule has 0 saturated heterocycles. The van der Waals surface area contributed by atoms with Crippen LogP contribution >= 0.6 is 0 Å². The fourth-order valence-electron chi connectivity index (χ4n) is 2.46. The monoisotopic (exact) mass is 285 g/mol. The molecule has 0 radical (unpaired) electrons. The van der Waals surface area contributed by atoms with Gasteiger partial charge in [0.05, 0.1) is 5.56 Å². The van der Waals surface area contributed by atoms with E-state index in [0.29, 0.717) is 17.8 Å². The third-order valence-corrected chi connectivity index (χ3v) is 3.60. The Balaban J connectivity index is 1.84. The van der Waals surface area contributed by atoms with Gasteiger partial charge in [-0.25, -0.2) is 0 Å². The van der Waals surface area contributed by atoms with Gasteiger partial charge in [-0.15, -0.1) is 0 Å². The molecule has 1 N–H and O–H groups in total. The molecule has 1 unspecified atom stereocenters. The number of furan rings is 1. The number of nitrogens with zero attached hydrogens (tertiary/aromatic N) is 2. The lowest BCUT2D eigenvalue weighted by Crippen LogP contribution is -2.30. The van der Waals surface area contributed by atoms with Gasteiger partial charge in [-0.1, -0.05) is 37.2 Å². The highest BCUT2D eigenvalue weighted by Gasteiger charge is 2.16. The Morgan fingerprint density at radius 3 is 2.90 bits per heavy atom. The van der Waals surface area contributed by atoms with Crippen molar-refractivity contribution in [3.63, 3.8) is 0 Å². The highest BCUT2D eigenvalue weighted by molar-refractivity contribution is 5.91. The summed E-state index contributed by atoms with van der Waals surface area (Å²) in [7, 11) is 0. The molecule has 3 rings (SSSR count). The predicted molar refractivity (Wildman–Crippen MR) is 81.0 cm³/mol. The van der Waals surface area contributed by atoms with Gasteiger partial charge in [0.15, 0.2) is 0 Å². The number of aromatic nitrogens is 2. The number of benzene rings is 1. The molecule has 0 spiro atoms. The maximum absolute atomic E-state index is 5.52. The lowest BCUT2D eigenvalue weighted by molar-refractivity contribution is 0.355. The standard InChI is InChI=1S/C16H19N3O2/c1-3-11(17-4-2)9-15-18-16(19-21-15)13-10-20-14-8-6-5-7-12(13)14/h5-8,10-11,17H,3-4,9H2,1-2H3. The average molecular weight is 285 g/mol. The van der Waals surface area contributed by atoms with Gasteiger partial charge in [0, 0.05) is 17.8 Å². The summed E-state index contributed by atoms with van der Waals surface area (Å²) < 4.78 is 10.9. The maximum atomic E-state index is 5.52. The minimum atomic E-state index is 0.365. The SMILES string of the molecule is CCNC(CC)Cc1nc(-c2coc3ccccc23)no1. The molecule has 3 aromatic rings. The Bertz CT molecular complexity index is 717. The number of rotatable bonds is 6. The summed E-state index contributed by atoms with van der Waals surface area (Å²) in [6.45, 7) is 5.18. The molecule has 110 valence electrons. The first-order chi connectivity index (χ1) is 10.3. The van der Waals surface area contributed by atoms with Crippen LogP contribution in [-0.4, -0.2) is 22.7 Å². The minimum Gasteiger partial charge on any atom is -0.464 e. The molecule has 5 heteroatoms. The number of hydrogen-bond acceptors (Lipinski definition) is 5. The summed E-state index contributed by atoms with van der Waals surface area (Å²) in [6, 6.07) is 8.21.